The van der Waals surface area contributed by atoms with E-state index >= 15 is 0 Å². The number of hydrogen-bond donors (Lipinski definition) is 5. The molecule has 0 aliphatic carbocycles. The minimum absolute atomic E-state index is 0.125. The Bertz CT molecular complexity index is 3450. The van der Waals surface area contributed by atoms with Crippen LogP contribution in [0.2, 0.25) is 0 Å². The molecule has 0 radical (unpaired) electrons. The Morgan fingerprint density at radius 2 is 1.03 bits per heavy atom. The van der Waals surface area contributed by atoms with E-state index in [1.807, 2.05) is 54.6 Å². The lowest BCUT2D eigenvalue weighted by Crippen LogP contribution is -2.06. The van der Waals surface area contributed by atoms with Gasteiger partial charge in [-0.3, -0.25) is 14.1 Å². The molecule has 0 saturated carbocycles. The first-order valence-electron chi connectivity index (χ1n) is 20.4. The minimum Gasteiger partial charge on any atom is -0.481 e. The number of carbonyl (C=O) groups is 2. The highest BCUT2D eigenvalue weighted by molar-refractivity contribution is 7.86. The van der Waals surface area contributed by atoms with Crippen LogP contribution in [0.1, 0.15) is 65.2 Å². The molecule has 0 saturated heterocycles. The molecule has 0 fully saturated rings. The second-order valence-electron chi connectivity index (χ2n) is 14.2. The Kier molecular flexibility index (Phi) is 22.6. The SMILES string of the molecule is CCCCCC(=O)O.CCCCCC(=O)O.Nc1cc2oc(=O)c(-c3nc4ccccc4s3)cc2cc1S(=O)(=O)O.Nc1ccc2cc(-c3nc4ccccc4s3)c(=O)oc2c1.O=S(=O)=O.O=S(=O)=O. The summed E-state index contributed by atoms with van der Waals surface area (Å²) in [4.78, 5) is 52.7. The van der Waals surface area contributed by atoms with Gasteiger partial charge in [-0.05, 0) is 67.4 Å². The number of thiazole rings is 2. The lowest BCUT2D eigenvalue weighted by atomic mass is 10.2. The highest BCUT2D eigenvalue weighted by Gasteiger charge is 2.19. The van der Waals surface area contributed by atoms with Crippen LogP contribution in [0.4, 0.5) is 11.4 Å². The molecule has 0 aliphatic heterocycles. The first-order chi connectivity index (χ1) is 33.0. The Balaban J connectivity index is 0.000000257. The largest absolute Gasteiger partial charge is 0.481 e. The molecule has 0 amide bonds. The number of nitrogen functional groups attached to an aromatic ring is 2. The average Bonchev–Trinajstić information content (AvgIpc) is 3.91. The van der Waals surface area contributed by atoms with Crippen LogP contribution in [-0.4, -0.2) is 70.3 Å². The van der Waals surface area contributed by atoms with Gasteiger partial charge in [-0.2, -0.15) is 8.42 Å². The van der Waals surface area contributed by atoms with Crippen molar-refractivity contribution in [1.29, 1.82) is 0 Å². The zero-order valence-electron chi connectivity index (χ0n) is 37.0. The molecule has 0 atom stereocenters. The maximum Gasteiger partial charge on any atom is 0.425 e. The maximum atomic E-state index is 12.3. The summed E-state index contributed by atoms with van der Waals surface area (Å²) in [5.41, 5.74) is 13.6. The van der Waals surface area contributed by atoms with Gasteiger partial charge < -0.3 is 30.5 Å². The summed E-state index contributed by atoms with van der Waals surface area (Å²) in [6.45, 7) is 4.11. The number of aliphatic carboxylic acids is 2. The predicted octanol–water partition coefficient (Wildman–Crippen LogP) is 7.84. The number of nitrogens with zero attached hydrogens (tertiary/aromatic N) is 2. The summed E-state index contributed by atoms with van der Waals surface area (Å²) in [5.74, 6) is -1.36. The molecule has 8 aromatic rings. The van der Waals surface area contributed by atoms with Gasteiger partial charge in [0.25, 0.3) is 10.1 Å². The number of carboxylic acids is 2. The van der Waals surface area contributed by atoms with Gasteiger partial charge in [0.15, 0.2) is 0 Å². The van der Waals surface area contributed by atoms with Gasteiger partial charge in [0, 0.05) is 41.4 Å². The smallest absolute Gasteiger partial charge is 0.425 e. The molecule has 4 aromatic carbocycles. The van der Waals surface area contributed by atoms with Crippen LogP contribution in [0.5, 0.6) is 0 Å². The molecule has 26 heteroatoms. The quantitative estimate of drug-likeness (QED) is 0.0356. The van der Waals surface area contributed by atoms with Crippen molar-refractivity contribution < 1.29 is 66.9 Å². The number of fused-ring (bicyclic) bond motifs is 4. The van der Waals surface area contributed by atoms with Gasteiger partial charge >= 0.3 is 44.4 Å². The second kappa shape index (κ2) is 27.7. The van der Waals surface area contributed by atoms with Crippen LogP contribution in [0.25, 0.3) is 63.5 Å². The van der Waals surface area contributed by atoms with Crippen molar-refractivity contribution in [2.24, 2.45) is 0 Å². The zero-order chi connectivity index (χ0) is 52.1. The van der Waals surface area contributed by atoms with Gasteiger partial charge in [0.1, 0.15) is 26.1 Å². The van der Waals surface area contributed by atoms with E-state index in [2.05, 4.69) is 23.8 Å². The summed E-state index contributed by atoms with van der Waals surface area (Å²) in [6, 6.07) is 26.1. The number of anilines is 2. The van der Waals surface area contributed by atoms with Crippen molar-refractivity contribution in [3.05, 3.63) is 112 Å². The normalized spacial score (nSPS) is 10.4. The Morgan fingerprint density at radius 1 is 0.614 bits per heavy atom. The molecule has 4 heterocycles. The third-order valence-electron chi connectivity index (χ3n) is 8.94. The molecule has 4 aromatic heterocycles. The summed E-state index contributed by atoms with van der Waals surface area (Å²) < 4.78 is 95.3. The van der Waals surface area contributed by atoms with Crippen molar-refractivity contribution in [1.82, 2.24) is 9.97 Å². The van der Waals surface area contributed by atoms with Gasteiger partial charge in [0.2, 0.25) is 0 Å². The lowest BCUT2D eigenvalue weighted by Gasteiger charge is -2.05. The van der Waals surface area contributed by atoms with Crippen LogP contribution in [0, 0.1) is 0 Å². The molecule has 7 N–H and O–H groups in total. The topological polar surface area (TPSA) is 370 Å². The first-order valence-corrected chi connectivity index (χ1v) is 25.5. The number of benzene rings is 4. The molecule has 372 valence electrons. The van der Waals surface area contributed by atoms with Crippen LogP contribution in [0.15, 0.2) is 114 Å². The molecule has 70 heavy (non-hydrogen) atoms. The van der Waals surface area contributed by atoms with Gasteiger partial charge in [-0.15, -0.1) is 47.9 Å². The molecule has 8 rings (SSSR count). The van der Waals surface area contributed by atoms with E-state index in [4.69, 9.17) is 55.8 Å². The number of unbranched alkanes of at least 4 members (excludes halogenated alkanes) is 4. The molecular formula is C44H44N4O17S5. The number of aromatic nitrogens is 2. The predicted molar refractivity (Wildman–Crippen MR) is 264 cm³/mol. The maximum absolute atomic E-state index is 12.3. The summed E-state index contributed by atoms with van der Waals surface area (Å²) in [5, 5.41) is 18.6. The number of nitrogens with two attached hydrogens (primary N) is 2. The molecule has 0 aliphatic rings. The number of rotatable bonds is 11. The van der Waals surface area contributed by atoms with E-state index < -0.39 is 59.4 Å². The fraction of sp³-hybridized carbons (Fsp3) is 0.227. The zero-order valence-corrected chi connectivity index (χ0v) is 41.0. The van der Waals surface area contributed by atoms with Gasteiger partial charge in [-0.25, -0.2) is 19.6 Å². The standard InChI is InChI=1S/C16H10N2O5S2.C16H10N2O2S.2C6H12O2.2O3S/c17-10-7-12-8(6-14(10)25(20,21)22)5-9(16(19)23-12)15-18-11-3-1-2-4-13(11)24-15;17-10-6-5-9-7-11(16(19)20-13(9)8-10)15-18-12-3-1-2-4-14(12)21-15;2*1-2-3-4-5-6(7)8;2*1-4(2)3/h1-7H,17H2,(H,20,21,22);1-8H,17H2;2*2-5H2,1H3,(H,7,8);;. The summed E-state index contributed by atoms with van der Waals surface area (Å²) >= 11 is 2.80. The summed E-state index contributed by atoms with van der Waals surface area (Å²) in [7, 11) is -10.7. The first kappa shape index (κ1) is 57.1. The monoisotopic (exact) mass is 1060 g/mol. The Morgan fingerprint density at radius 3 is 1.43 bits per heavy atom. The highest BCUT2D eigenvalue weighted by atomic mass is 32.2. The van der Waals surface area contributed by atoms with Crippen LogP contribution < -0.4 is 22.7 Å². The van der Waals surface area contributed by atoms with Crippen LogP contribution in [-0.2, 0) is 40.9 Å². The number of carboxylic acid groups (broad SMARTS) is 2. The van der Waals surface area contributed by atoms with Crippen LogP contribution >= 0.6 is 22.7 Å². The molecule has 21 nitrogen and oxygen atoms in total. The third kappa shape index (κ3) is 18.7. The molecule has 0 spiro atoms. The number of para-hydroxylation sites is 2. The number of hydrogen-bond acceptors (Lipinski definition) is 20. The van der Waals surface area contributed by atoms with E-state index in [0.29, 0.717) is 45.1 Å². The van der Waals surface area contributed by atoms with Crippen molar-refractivity contribution in [3.8, 4) is 21.1 Å². The van der Waals surface area contributed by atoms with Crippen molar-refractivity contribution >= 4 is 120 Å². The fourth-order valence-corrected chi connectivity index (χ4v) is 8.41. The van der Waals surface area contributed by atoms with Gasteiger partial charge in [-0.1, -0.05) is 63.8 Å². The van der Waals surface area contributed by atoms with E-state index in [0.717, 1.165) is 64.3 Å². The molecule has 0 bridgehead atoms. The van der Waals surface area contributed by atoms with E-state index in [9.17, 15) is 32.1 Å². The van der Waals surface area contributed by atoms with Crippen molar-refractivity contribution in [2.75, 3.05) is 11.5 Å². The Hall–Kier alpha value is -7.23. The van der Waals surface area contributed by atoms with E-state index in [-0.39, 0.29) is 16.8 Å². The van der Waals surface area contributed by atoms with Gasteiger partial charge in [0.05, 0.1) is 37.2 Å². The molecule has 0 unspecified atom stereocenters. The van der Waals surface area contributed by atoms with E-state index in [1.54, 1.807) is 18.2 Å². The minimum atomic E-state index is -4.49. The average molecular weight is 1060 g/mol. The van der Waals surface area contributed by atoms with E-state index in [1.165, 1.54) is 40.9 Å². The van der Waals surface area contributed by atoms with Crippen molar-refractivity contribution in [3.63, 3.8) is 0 Å². The molecular weight excluding hydrogens is 1020 g/mol. The third-order valence-corrected chi connectivity index (χ3v) is 12.0. The highest BCUT2D eigenvalue weighted by Crippen LogP contribution is 2.32. The van der Waals surface area contributed by atoms with Crippen molar-refractivity contribution in [2.45, 2.75) is 70.1 Å². The summed E-state index contributed by atoms with van der Waals surface area (Å²) in [6.07, 6.45) is 6.55. The second-order valence-corrected chi connectivity index (χ2v) is 18.4. The fourth-order valence-electron chi connectivity index (χ4n) is 5.84. The van der Waals surface area contributed by atoms with Crippen LogP contribution in [0.3, 0.4) is 0 Å². The lowest BCUT2D eigenvalue weighted by molar-refractivity contribution is -0.138. The Labute approximate surface area is 408 Å².